The Morgan fingerprint density at radius 3 is 1.62 bits per heavy atom. The van der Waals surface area contributed by atoms with Crippen molar-refractivity contribution in [2.45, 2.75) is 103 Å². The number of hydrogen-bond acceptors (Lipinski definition) is 2. The lowest BCUT2D eigenvalue weighted by molar-refractivity contribution is -0.145. The van der Waals surface area contributed by atoms with Gasteiger partial charge in [-0.15, -0.1) is 0 Å². The molecular weight excluding hydrogens is 262 g/mol. The zero-order valence-electron chi connectivity index (χ0n) is 14.5. The number of rotatable bonds is 15. The maximum absolute atomic E-state index is 11.3. The third-order valence-corrected chi connectivity index (χ3v) is 4.61. The van der Waals surface area contributed by atoms with E-state index in [-0.39, 0.29) is 0 Å². The summed E-state index contributed by atoms with van der Waals surface area (Å²) >= 11 is 0. The molecule has 0 saturated carbocycles. The van der Waals surface area contributed by atoms with Crippen LogP contribution in [-0.2, 0) is 4.79 Å². The molecule has 0 heterocycles. The lowest BCUT2D eigenvalue weighted by Crippen LogP contribution is -2.51. The second kappa shape index (κ2) is 13.1. The Kier molecular flexibility index (Phi) is 12.8. The van der Waals surface area contributed by atoms with Crippen LogP contribution in [-0.4, -0.2) is 23.2 Å². The minimum Gasteiger partial charge on any atom is -0.480 e. The highest BCUT2D eigenvalue weighted by atomic mass is 16.4. The maximum atomic E-state index is 11.3. The van der Waals surface area contributed by atoms with Gasteiger partial charge in [0.2, 0.25) is 0 Å². The molecule has 0 spiro atoms. The highest BCUT2D eigenvalue weighted by Crippen LogP contribution is 2.16. The van der Waals surface area contributed by atoms with Gasteiger partial charge in [-0.25, -0.2) is 0 Å². The molecule has 0 aromatic rings. The summed E-state index contributed by atoms with van der Waals surface area (Å²) in [5.41, 5.74) is -0.709. The molecular formula is C18H37NO2. The highest BCUT2D eigenvalue weighted by molar-refractivity contribution is 5.78. The lowest BCUT2D eigenvalue weighted by atomic mass is 9.93. The van der Waals surface area contributed by atoms with E-state index in [4.69, 9.17) is 0 Å². The molecule has 0 saturated heterocycles. The van der Waals surface area contributed by atoms with Crippen LogP contribution in [0.15, 0.2) is 0 Å². The molecule has 3 heteroatoms. The van der Waals surface area contributed by atoms with E-state index < -0.39 is 11.5 Å². The summed E-state index contributed by atoms with van der Waals surface area (Å²) in [5, 5.41) is 12.6. The molecule has 3 nitrogen and oxygen atoms in total. The van der Waals surface area contributed by atoms with Crippen molar-refractivity contribution in [3.8, 4) is 0 Å². The third kappa shape index (κ3) is 9.13. The summed E-state index contributed by atoms with van der Waals surface area (Å²) < 4.78 is 0. The van der Waals surface area contributed by atoms with E-state index in [0.717, 1.165) is 13.0 Å². The number of carbonyl (C=O) groups is 1. The monoisotopic (exact) mass is 299 g/mol. The first-order valence-electron chi connectivity index (χ1n) is 9.11. The van der Waals surface area contributed by atoms with Crippen molar-refractivity contribution < 1.29 is 9.90 Å². The summed E-state index contributed by atoms with van der Waals surface area (Å²) in [5.74, 6) is -0.709. The van der Waals surface area contributed by atoms with Crippen LogP contribution < -0.4 is 5.32 Å². The van der Waals surface area contributed by atoms with Gasteiger partial charge in [-0.2, -0.15) is 0 Å². The molecule has 0 bridgehead atoms. The number of carboxylic acid groups (broad SMARTS) is 1. The molecule has 0 aromatic carbocycles. The average molecular weight is 299 g/mol. The van der Waals surface area contributed by atoms with Crippen molar-refractivity contribution in [1.29, 1.82) is 0 Å². The minimum atomic E-state index is -0.709. The molecule has 0 fully saturated rings. The van der Waals surface area contributed by atoms with Crippen LogP contribution in [0.1, 0.15) is 97.8 Å². The van der Waals surface area contributed by atoms with Gasteiger partial charge in [-0.05, 0) is 25.8 Å². The largest absolute Gasteiger partial charge is 0.480 e. The van der Waals surface area contributed by atoms with Gasteiger partial charge in [0, 0.05) is 0 Å². The standard InChI is InChI=1S/C18H37NO2/c1-4-7-8-9-10-11-12-13-14-15-16-19-18(5-2,6-3)17(20)21/h19H,4-16H2,1-3H3,(H,20,21). The van der Waals surface area contributed by atoms with Crippen molar-refractivity contribution >= 4 is 5.97 Å². The Labute approximate surface area is 131 Å². The molecule has 2 N–H and O–H groups in total. The van der Waals surface area contributed by atoms with Gasteiger partial charge in [0.25, 0.3) is 0 Å². The molecule has 126 valence electrons. The van der Waals surface area contributed by atoms with Crippen LogP contribution in [0.3, 0.4) is 0 Å². The van der Waals surface area contributed by atoms with Gasteiger partial charge in [0.15, 0.2) is 0 Å². The Bertz CT molecular complexity index is 250. The summed E-state index contributed by atoms with van der Waals surface area (Å²) in [4.78, 5) is 11.3. The SMILES string of the molecule is CCCCCCCCCCCCNC(CC)(CC)C(=O)O. The first kappa shape index (κ1) is 20.4. The third-order valence-electron chi connectivity index (χ3n) is 4.61. The van der Waals surface area contributed by atoms with Gasteiger partial charge >= 0.3 is 5.97 Å². The van der Waals surface area contributed by atoms with Crippen LogP contribution >= 0.6 is 0 Å². The maximum Gasteiger partial charge on any atom is 0.323 e. The van der Waals surface area contributed by atoms with E-state index in [0.29, 0.717) is 12.8 Å². The number of carboxylic acids is 1. The van der Waals surface area contributed by atoms with Crippen LogP contribution in [0, 0.1) is 0 Å². The fourth-order valence-electron chi connectivity index (χ4n) is 2.82. The quantitative estimate of drug-likeness (QED) is 0.412. The van der Waals surface area contributed by atoms with Crippen LogP contribution in [0.4, 0.5) is 0 Å². The lowest BCUT2D eigenvalue weighted by Gasteiger charge is -2.28. The highest BCUT2D eigenvalue weighted by Gasteiger charge is 2.33. The van der Waals surface area contributed by atoms with E-state index in [2.05, 4.69) is 12.2 Å². The fourth-order valence-corrected chi connectivity index (χ4v) is 2.82. The van der Waals surface area contributed by atoms with E-state index >= 15 is 0 Å². The predicted octanol–water partition coefficient (Wildman–Crippen LogP) is 5.14. The number of aliphatic carboxylic acids is 1. The Morgan fingerprint density at radius 1 is 0.810 bits per heavy atom. The minimum absolute atomic E-state index is 0.649. The zero-order chi connectivity index (χ0) is 16.0. The Morgan fingerprint density at radius 2 is 1.24 bits per heavy atom. The molecule has 0 aliphatic rings. The summed E-state index contributed by atoms with van der Waals surface area (Å²) in [6, 6.07) is 0. The van der Waals surface area contributed by atoms with Crippen molar-refractivity contribution in [3.63, 3.8) is 0 Å². The normalized spacial score (nSPS) is 11.8. The number of nitrogens with one attached hydrogen (secondary N) is 1. The fraction of sp³-hybridized carbons (Fsp3) is 0.944. The first-order chi connectivity index (χ1) is 10.1. The van der Waals surface area contributed by atoms with Gasteiger partial charge in [-0.1, -0.05) is 78.6 Å². The summed E-state index contributed by atoms with van der Waals surface area (Å²) in [6.07, 6.45) is 14.4. The molecule has 0 aliphatic heterocycles. The van der Waals surface area contributed by atoms with Crippen molar-refractivity contribution in [2.75, 3.05) is 6.54 Å². The van der Waals surface area contributed by atoms with E-state index in [9.17, 15) is 9.90 Å². The van der Waals surface area contributed by atoms with Gasteiger partial charge in [0.1, 0.15) is 5.54 Å². The second-order valence-electron chi connectivity index (χ2n) is 6.20. The Hall–Kier alpha value is -0.570. The van der Waals surface area contributed by atoms with Gasteiger partial charge in [-0.3, -0.25) is 4.79 Å². The van der Waals surface area contributed by atoms with Gasteiger partial charge in [0.05, 0.1) is 0 Å². The number of unbranched alkanes of at least 4 members (excludes halogenated alkanes) is 9. The first-order valence-corrected chi connectivity index (χ1v) is 9.11. The van der Waals surface area contributed by atoms with Crippen LogP contribution in [0.5, 0.6) is 0 Å². The van der Waals surface area contributed by atoms with Crippen molar-refractivity contribution in [2.24, 2.45) is 0 Å². The average Bonchev–Trinajstić information content (AvgIpc) is 2.49. The van der Waals surface area contributed by atoms with E-state index in [1.54, 1.807) is 0 Å². The predicted molar refractivity (Wildman–Crippen MR) is 90.8 cm³/mol. The van der Waals surface area contributed by atoms with Crippen molar-refractivity contribution in [3.05, 3.63) is 0 Å². The summed E-state index contributed by atoms with van der Waals surface area (Å²) in [6.45, 7) is 6.97. The molecule has 0 aliphatic carbocycles. The molecule has 0 atom stereocenters. The number of hydrogen-bond donors (Lipinski definition) is 2. The summed E-state index contributed by atoms with van der Waals surface area (Å²) in [7, 11) is 0. The Balaban J connectivity index is 3.49. The van der Waals surface area contributed by atoms with Gasteiger partial charge < -0.3 is 10.4 Å². The second-order valence-corrected chi connectivity index (χ2v) is 6.20. The van der Waals surface area contributed by atoms with Crippen LogP contribution in [0.2, 0.25) is 0 Å². The molecule has 0 unspecified atom stereocenters. The molecule has 0 aromatic heterocycles. The molecule has 21 heavy (non-hydrogen) atoms. The molecule has 0 radical (unpaired) electrons. The van der Waals surface area contributed by atoms with Crippen molar-refractivity contribution in [1.82, 2.24) is 5.32 Å². The molecule has 0 amide bonds. The smallest absolute Gasteiger partial charge is 0.323 e. The molecule has 0 rings (SSSR count). The van der Waals surface area contributed by atoms with E-state index in [1.165, 1.54) is 57.8 Å². The zero-order valence-corrected chi connectivity index (χ0v) is 14.5. The topological polar surface area (TPSA) is 49.3 Å². The van der Waals surface area contributed by atoms with Crippen LogP contribution in [0.25, 0.3) is 0 Å². The van der Waals surface area contributed by atoms with E-state index in [1.807, 2.05) is 13.8 Å².